The zero-order chi connectivity index (χ0) is 16.4. The van der Waals surface area contributed by atoms with Gasteiger partial charge in [-0.2, -0.15) is 5.10 Å². The number of fused-ring (bicyclic) bond motifs is 1. The van der Waals surface area contributed by atoms with Gasteiger partial charge in [0.05, 0.1) is 17.0 Å². The molecule has 0 radical (unpaired) electrons. The molecule has 0 saturated carbocycles. The Hall–Kier alpha value is -1.95. The number of nitrogens with zero attached hydrogens (tertiary/aromatic N) is 4. The Morgan fingerprint density at radius 2 is 2.17 bits per heavy atom. The Bertz CT molecular complexity index is 746. The molecule has 2 aromatic rings. The average Bonchev–Trinajstić information content (AvgIpc) is 2.88. The van der Waals surface area contributed by atoms with E-state index in [1.807, 2.05) is 11.6 Å². The zero-order valence-electron chi connectivity index (χ0n) is 14.2. The first kappa shape index (κ1) is 15.9. The third-order valence-electron chi connectivity index (χ3n) is 4.45. The molecule has 0 saturated heterocycles. The van der Waals surface area contributed by atoms with E-state index in [2.05, 4.69) is 40.0 Å². The molecule has 2 aromatic heterocycles. The van der Waals surface area contributed by atoms with E-state index in [4.69, 9.17) is 0 Å². The van der Waals surface area contributed by atoms with Gasteiger partial charge in [-0.05, 0) is 20.3 Å². The summed E-state index contributed by atoms with van der Waals surface area (Å²) in [6.45, 7) is 9.55. The third kappa shape index (κ3) is 3.37. The van der Waals surface area contributed by atoms with E-state index in [0.717, 1.165) is 61.7 Å². The normalized spacial score (nSPS) is 14.9. The van der Waals surface area contributed by atoms with Crippen molar-refractivity contribution in [3.8, 4) is 0 Å². The molecule has 0 aromatic carbocycles. The number of aromatic amines is 1. The highest BCUT2D eigenvalue weighted by Crippen LogP contribution is 2.18. The maximum absolute atomic E-state index is 12.3. The Balaban J connectivity index is 1.77. The van der Waals surface area contributed by atoms with E-state index in [9.17, 15) is 4.79 Å². The quantitative estimate of drug-likeness (QED) is 0.914. The lowest BCUT2D eigenvalue weighted by Crippen LogP contribution is -2.35. The highest BCUT2D eigenvalue weighted by atomic mass is 16.1. The van der Waals surface area contributed by atoms with Crippen molar-refractivity contribution >= 4 is 0 Å². The van der Waals surface area contributed by atoms with Crippen molar-refractivity contribution in [2.24, 2.45) is 0 Å². The molecule has 23 heavy (non-hydrogen) atoms. The molecule has 1 aliphatic heterocycles. The first-order chi connectivity index (χ1) is 11.1. The zero-order valence-corrected chi connectivity index (χ0v) is 14.2. The van der Waals surface area contributed by atoms with Crippen LogP contribution in [0.5, 0.6) is 0 Å². The van der Waals surface area contributed by atoms with Gasteiger partial charge in [0, 0.05) is 50.8 Å². The number of rotatable bonds is 5. The lowest BCUT2D eigenvalue weighted by Gasteiger charge is -2.27. The summed E-state index contributed by atoms with van der Waals surface area (Å²) in [5, 5.41) is 4.50. The fraction of sp³-hybridized carbons (Fsp3) is 0.588. The van der Waals surface area contributed by atoms with Gasteiger partial charge in [-0.1, -0.05) is 6.92 Å². The van der Waals surface area contributed by atoms with Crippen LogP contribution in [0.3, 0.4) is 0 Å². The van der Waals surface area contributed by atoms with E-state index in [1.165, 1.54) is 5.56 Å². The van der Waals surface area contributed by atoms with Crippen LogP contribution < -0.4 is 5.56 Å². The molecule has 0 unspecified atom stereocenters. The fourth-order valence-corrected chi connectivity index (χ4v) is 3.14. The van der Waals surface area contributed by atoms with Crippen molar-refractivity contribution in [2.45, 2.75) is 59.7 Å². The van der Waals surface area contributed by atoms with Crippen LogP contribution in [0.1, 0.15) is 48.6 Å². The molecule has 3 heterocycles. The van der Waals surface area contributed by atoms with Gasteiger partial charge in [-0.3, -0.25) is 14.4 Å². The van der Waals surface area contributed by atoms with Crippen LogP contribution in [0, 0.1) is 6.92 Å². The van der Waals surface area contributed by atoms with Gasteiger partial charge in [0.25, 0.3) is 5.56 Å². The molecule has 0 amide bonds. The Kier molecular flexibility index (Phi) is 4.61. The predicted octanol–water partition coefficient (Wildman–Crippen LogP) is 1.81. The van der Waals surface area contributed by atoms with Gasteiger partial charge in [-0.25, -0.2) is 4.98 Å². The Morgan fingerprint density at radius 3 is 2.87 bits per heavy atom. The maximum Gasteiger partial charge on any atom is 0.255 e. The topological polar surface area (TPSA) is 66.8 Å². The second kappa shape index (κ2) is 6.66. The highest BCUT2D eigenvalue weighted by molar-refractivity contribution is 5.22. The van der Waals surface area contributed by atoms with Crippen LogP contribution >= 0.6 is 0 Å². The number of aromatic nitrogens is 4. The molecular formula is C17H25N5O. The fourth-order valence-electron chi connectivity index (χ4n) is 3.14. The van der Waals surface area contributed by atoms with Crippen LogP contribution in [-0.4, -0.2) is 31.2 Å². The first-order valence-corrected chi connectivity index (χ1v) is 8.47. The second-order valence-electron chi connectivity index (χ2n) is 6.24. The van der Waals surface area contributed by atoms with Crippen LogP contribution in [-0.2, 0) is 32.5 Å². The highest BCUT2D eigenvalue weighted by Gasteiger charge is 2.22. The molecule has 1 N–H and O–H groups in total. The summed E-state index contributed by atoms with van der Waals surface area (Å²) in [5.74, 6) is 0.824. The van der Waals surface area contributed by atoms with E-state index in [0.29, 0.717) is 6.54 Å². The molecule has 3 rings (SSSR count). The Labute approximate surface area is 136 Å². The van der Waals surface area contributed by atoms with Crippen LogP contribution in [0.4, 0.5) is 0 Å². The lowest BCUT2D eigenvalue weighted by atomic mass is 10.1. The second-order valence-corrected chi connectivity index (χ2v) is 6.24. The summed E-state index contributed by atoms with van der Waals surface area (Å²) in [7, 11) is 0. The summed E-state index contributed by atoms with van der Waals surface area (Å²) < 4.78 is 1.97. The number of nitrogens with one attached hydrogen (secondary N) is 1. The summed E-state index contributed by atoms with van der Waals surface area (Å²) >= 11 is 0. The van der Waals surface area contributed by atoms with E-state index in [-0.39, 0.29) is 5.56 Å². The third-order valence-corrected chi connectivity index (χ3v) is 4.45. The predicted molar refractivity (Wildman–Crippen MR) is 89.3 cm³/mol. The van der Waals surface area contributed by atoms with E-state index in [1.54, 1.807) is 0 Å². The molecule has 0 bridgehead atoms. The van der Waals surface area contributed by atoms with Gasteiger partial charge in [0.1, 0.15) is 5.82 Å². The summed E-state index contributed by atoms with van der Waals surface area (Å²) in [6.07, 6.45) is 4.78. The van der Waals surface area contributed by atoms with Crippen molar-refractivity contribution < 1.29 is 0 Å². The molecule has 0 aliphatic carbocycles. The molecule has 0 spiro atoms. The van der Waals surface area contributed by atoms with Crippen LogP contribution in [0.15, 0.2) is 11.0 Å². The van der Waals surface area contributed by atoms with Crippen molar-refractivity contribution in [2.75, 3.05) is 6.54 Å². The summed E-state index contributed by atoms with van der Waals surface area (Å²) in [4.78, 5) is 22.2. The van der Waals surface area contributed by atoms with Gasteiger partial charge in [0.15, 0.2) is 0 Å². The first-order valence-electron chi connectivity index (χ1n) is 8.47. The number of aryl methyl sites for hydroxylation is 3. The van der Waals surface area contributed by atoms with Crippen LogP contribution in [0.25, 0.3) is 0 Å². The number of hydrogen-bond acceptors (Lipinski definition) is 4. The SMILES string of the molecule is CCCc1nc2c(c(=O)[nH]1)CN(Cc1cn(CC)nc1C)CC2. The molecule has 0 atom stereocenters. The van der Waals surface area contributed by atoms with E-state index >= 15 is 0 Å². The molecule has 124 valence electrons. The van der Waals surface area contributed by atoms with Crippen molar-refractivity contribution in [1.29, 1.82) is 0 Å². The molecule has 6 heteroatoms. The molecule has 0 fully saturated rings. The molecular weight excluding hydrogens is 290 g/mol. The summed E-state index contributed by atoms with van der Waals surface area (Å²) in [5.41, 5.74) is 4.15. The van der Waals surface area contributed by atoms with Crippen molar-refractivity contribution in [1.82, 2.24) is 24.6 Å². The lowest BCUT2D eigenvalue weighted by molar-refractivity contribution is 0.241. The Morgan fingerprint density at radius 1 is 1.35 bits per heavy atom. The minimum absolute atomic E-state index is 0.0316. The minimum atomic E-state index is 0.0316. The monoisotopic (exact) mass is 315 g/mol. The van der Waals surface area contributed by atoms with Crippen LogP contribution in [0.2, 0.25) is 0 Å². The smallest absolute Gasteiger partial charge is 0.255 e. The van der Waals surface area contributed by atoms with E-state index < -0.39 is 0 Å². The number of H-pyrrole nitrogens is 1. The van der Waals surface area contributed by atoms with Crippen molar-refractivity contribution in [3.63, 3.8) is 0 Å². The van der Waals surface area contributed by atoms with Gasteiger partial charge in [0.2, 0.25) is 0 Å². The van der Waals surface area contributed by atoms with Gasteiger partial charge < -0.3 is 4.98 Å². The van der Waals surface area contributed by atoms with Gasteiger partial charge >= 0.3 is 0 Å². The maximum atomic E-state index is 12.3. The standard InChI is InChI=1S/C17H25N5O/c1-4-6-16-18-15-7-8-21(11-14(15)17(23)19-16)9-13-10-22(5-2)20-12(13)3/h10H,4-9,11H2,1-3H3,(H,18,19,23). The summed E-state index contributed by atoms with van der Waals surface area (Å²) in [6, 6.07) is 0. The number of hydrogen-bond donors (Lipinski definition) is 1. The minimum Gasteiger partial charge on any atom is -0.310 e. The average molecular weight is 315 g/mol. The molecule has 1 aliphatic rings. The molecule has 6 nitrogen and oxygen atoms in total. The van der Waals surface area contributed by atoms with Gasteiger partial charge in [-0.15, -0.1) is 0 Å². The van der Waals surface area contributed by atoms with Crippen molar-refractivity contribution in [3.05, 3.63) is 44.9 Å². The largest absolute Gasteiger partial charge is 0.310 e.